The van der Waals surface area contributed by atoms with Crippen LogP contribution in [0, 0.1) is 10.1 Å². The topological polar surface area (TPSA) is 103 Å². The summed E-state index contributed by atoms with van der Waals surface area (Å²) >= 11 is 0. The van der Waals surface area contributed by atoms with Crippen LogP contribution < -0.4 is 5.32 Å². The first-order valence-electron chi connectivity index (χ1n) is 9.41. The molecule has 1 aromatic heterocycles. The lowest BCUT2D eigenvalue weighted by atomic mass is 9.85. The Morgan fingerprint density at radius 2 is 1.93 bits per heavy atom. The van der Waals surface area contributed by atoms with Gasteiger partial charge in [-0.25, -0.2) is 4.68 Å². The Morgan fingerprint density at radius 1 is 1.10 bits per heavy atom. The van der Waals surface area contributed by atoms with Gasteiger partial charge in [-0.15, -0.1) is 5.10 Å². The average molecular weight is 387 g/mol. The summed E-state index contributed by atoms with van der Waals surface area (Å²) in [6.07, 6.45) is 1.97. The number of rotatable bonds is 3. The largest absolute Gasteiger partial charge is 0.328 e. The molecule has 2 aliphatic rings. The van der Waals surface area contributed by atoms with Crippen molar-refractivity contribution < 1.29 is 9.72 Å². The minimum Gasteiger partial charge on any atom is -0.328 e. The van der Waals surface area contributed by atoms with E-state index in [-0.39, 0.29) is 11.5 Å². The molecule has 3 aromatic rings. The third kappa shape index (κ3) is 2.89. The average Bonchev–Trinajstić information content (AvgIpc) is 3.17. The molecule has 0 amide bonds. The Balaban J connectivity index is 1.69. The molecule has 0 saturated carbocycles. The summed E-state index contributed by atoms with van der Waals surface area (Å²) in [6, 6.07) is 15.4. The fourth-order valence-corrected chi connectivity index (χ4v) is 3.98. The number of Topliss-reactive ketones (excluding diaryl/α,β-unsaturated/α-hetero) is 1. The third-order valence-electron chi connectivity index (χ3n) is 5.30. The first-order chi connectivity index (χ1) is 14.1. The molecule has 8 heteroatoms. The van der Waals surface area contributed by atoms with E-state index in [0.717, 1.165) is 24.1 Å². The van der Waals surface area contributed by atoms with E-state index in [1.807, 2.05) is 30.3 Å². The number of hydrogen-bond acceptors (Lipinski definition) is 6. The van der Waals surface area contributed by atoms with Crippen LogP contribution in [0.1, 0.15) is 30.9 Å². The number of aromatic nitrogens is 3. The van der Waals surface area contributed by atoms with E-state index in [9.17, 15) is 14.9 Å². The number of nitro groups is 1. The van der Waals surface area contributed by atoms with Gasteiger partial charge in [-0.3, -0.25) is 14.9 Å². The Morgan fingerprint density at radius 3 is 2.72 bits per heavy atom. The molecule has 1 unspecified atom stereocenters. The van der Waals surface area contributed by atoms with E-state index in [1.165, 1.54) is 12.1 Å². The van der Waals surface area contributed by atoms with Gasteiger partial charge >= 0.3 is 0 Å². The van der Waals surface area contributed by atoms with Crippen LogP contribution in [0.5, 0.6) is 0 Å². The molecule has 1 atom stereocenters. The molecule has 8 nitrogen and oxygen atoms in total. The second kappa shape index (κ2) is 6.66. The maximum atomic E-state index is 12.8. The Hall–Kier alpha value is -3.81. The van der Waals surface area contributed by atoms with Crippen LogP contribution in [0.15, 0.2) is 65.9 Å². The molecule has 0 radical (unpaired) electrons. The number of nitrogens with one attached hydrogen (secondary N) is 1. The van der Waals surface area contributed by atoms with E-state index in [0.29, 0.717) is 29.3 Å². The maximum Gasteiger partial charge on any atom is 0.269 e. The smallest absolute Gasteiger partial charge is 0.269 e. The van der Waals surface area contributed by atoms with Crippen molar-refractivity contribution in [1.29, 1.82) is 0 Å². The number of carbonyl (C=O) groups is 1. The van der Waals surface area contributed by atoms with Crippen LogP contribution in [0.2, 0.25) is 0 Å². The molecule has 1 aliphatic heterocycles. The van der Waals surface area contributed by atoms with Crippen molar-refractivity contribution in [2.24, 2.45) is 0 Å². The van der Waals surface area contributed by atoms with E-state index in [1.54, 1.807) is 16.8 Å². The van der Waals surface area contributed by atoms with Crippen LogP contribution in [-0.2, 0) is 4.79 Å². The Labute approximate surface area is 166 Å². The van der Waals surface area contributed by atoms with Crippen molar-refractivity contribution in [2.45, 2.75) is 25.3 Å². The number of nitrogens with zero attached hydrogens (tertiary/aromatic N) is 4. The quantitative estimate of drug-likeness (QED) is 0.540. The summed E-state index contributed by atoms with van der Waals surface area (Å²) in [7, 11) is 0. The van der Waals surface area contributed by atoms with E-state index >= 15 is 0 Å². The number of allylic oxidation sites excluding steroid dienone is 2. The summed E-state index contributed by atoms with van der Waals surface area (Å²) in [5, 5.41) is 19.2. The van der Waals surface area contributed by atoms with E-state index in [4.69, 9.17) is 0 Å². The molecule has 144 valence electrons. The zero-order valence-electron chi connectivity index (χ0n) is 15.4. The first kappa shape index (κ1) is 17.3. The lowest BCUT2D eigenvalue weighted by molar-refractivity contribution is -0.384. The van der Waals surface area contributed by atoms with Crippen molar-refractivity contribution in [3.05, 3.63) is 81.5 Å². The number of fused-ring (bicyclic) bond motifs is 1. The fraction of sp³-hybridized carbons (Fsp3) is 0.190. The first-order valence-corrected chi connectivity index (χ1v) is 9.41. The number of benzene rings is 2. The van der Waals surface area contributed by atoms with Crippen molar-refractivity contribution in [3.8, 4) is 11.4 Å². The molecule has 0 fully saturated rings. The highest BCUT2D eigenvalue weighted by Gasteiger charge is 2.37. The predicted molar refractivity (Wildman–Crippen MR) is 106 cm³/mol. The number of ketones is 1. The molecule has 1 aliphatic carbocycles. The van der Waals surface area contributed by atoms with E-state index in [2.05, 4.69) is 15.4 Å². The SMILES string of the molecule is O=C1CCCC2=C1C(c1cccc([N+](=O)[O-])c1)n1nc(-c3ccccc3)nc1N2. The number of nitro benzene ring substituents is 1. The van der Waals surface area contributed by atoms with Gasteiger partial charge in [0.1, 0.15) is 6.04 Å². The van der Waals surface area contributed by atoms with Gasteiger partial charge in [0.2, 0.25) is 5.95 Å². The highest BCUT2D eigenvalue weighted by molar-refractivity contribution is 5.99. The van der Waals surface area contributed by atoms with Crippen LogP contribution in [0.4, 0.5) is 11.6 Å². The lowest BCUT2D eigenvalue weighted by Crippen LogP contribution is -2.31. The molecule has 0 spiro atoms. The number of hydrogen-bond donors (Lipinski definition) is 1. The van der Waals surface area contributed by atoms with Gasteiger partial charge in [-0.2, -0.15) is 4.98 Å². The summed E-state index contributed by atoms with van der Waals surface area (Å²) in [5.74, 6) is 1.11. The van der Waals surface area contributed by atoms with Gasteiger partial charge in [0.15, 0.2) is 11.6 Å². The predicted octanol–water partition coefficient (Wildman–Crippen LogP) is 3.88. The normalized spacial score (nSPS) is 18.1. The second-order valence-electron chi connectivity index (χ2n) is 7.12. The van der Waals surface area contributed by atoms with Gasteiger partial charge in [-0.1, -0.05) is 42.5 Å². The van der Waals surface area contributed by atoms with Crippen LogP contribution >= 0.6 is 0 Å². The number of non-ortho nitro benzene ring substituents is 1. The Kier molecular flexibility index (Phi) is 3.97. The van der Waals surface area contributed by atoms with Crippen LogP contribution in [-0.4, -0.2) is 25.5 Å². The van der Waals surface area contributed by atoms with Gasteiger partial charge in [0.05, 0.1) is 4.92 Å². The van der Waals surface area contributed by atoms with Gasteiger partial charge in [0.25, 0.3) is 5.69 Å². The van der Waals surface area contributed by atoms with Gasteiger partial charge < -0.3 is 5.32 Å². The molecular weight excluding hydrogens is 370 g/mol. The minimum absolute atomic E-state index is 0.0172. The third-order valence-corrected chi connectivity index (χ3v) is 5.30. The zero-order chi connectivity index (χ0) is 20.0. The lowest BCUT2D eigenvalue weighted by Gasteiger charge is -2.32. The summed E-state index contributed by atoms with van der Waals surface area (Å²) < 4.78 is 1.67. The van der Waals surface area contributed by atoms with Gasteiger partial charge in [-0.05, 0) is 18.4 Å². The molecule has 0 saturated heterocycles. The molecular formula is C21H17N5O3. The van der Waals surface area contributed by atoms with Crippen molar-refractivity contribution in [2.75, 3.05) is 5.32 Å². The second-order valence-corrected chi connectivity index (χ2v) is 7.12. The highest BCUT2D eigenvalue weighted by atomic mass is 16.6. The number of carbonyl (C=O) groups excluding carboxylic acids is 1. The minimum atomic E-state index is -0.543. The molecule has 1 N–H and O–H groups in total. The molecule has 29 heavy (non-hydrogen) atoms. The monoisotopic (exact) mass is 387 g/mol. The summed E-state index contributed by atoms with van der Waals surface area (Å²) in [4.78, 5) is 28.3. The van der Waals surface area contributed by atoms with Crippen LogP contribution in [0.25, 0.3) is 11.4 Å². The van der Waals surface area contributed by atoms with E-state index < -0.39 is 11.0 Å². The van der Waals surface area contributed by atoms with Crippen molar-refractivity contribution >= 4 is 17.4 Å². The molecule has 5 rings (SSSR count). The Bertz CT molecular complexity index is 1170. The molecule has 2 heterocycles. The van der Waals surface area contributed by atoms with Crippen molar-refractivity contribution in [1.82, 2.24) is 14.8 Å². The zero-order valence-corrected chi connectivity index (χ0v) is 15.4. The molecule has 0 bridgehead atoms. The maximum absolute atomic E-state index is 12.8. The summed E-state index contributed by atoms with van der Waals surface area (Å²) in [5.41, 5.74) is 2.94. The number of anilines is 1. The standard InChI is InChI=1S/C21H17N5O3/c27-17-11-5-10-16-18(17)19(14-8-4-9-15(12-14)26(28)29)25-21(22-16)23-20(24-25)13-6-2-1-3-7-13/h1-4,6-9,12,19H,5,10-11H2,(H,22,23,24). The van der Waals surface area contributed by atoms with Gasteiger partial charge in [0, 0.05) is 35.4 Å². The molecule has 2 aromatic carbocycles. The van der Waals surface area contributed by atoms with Crippen molar-refractivity contribution in [3.63, 3.8) is 0 Å². The fourth-order valence-electron chi connectivity index (χ4n) is 3.98. The highest BCUT2D eigenvalue weighted by Crippen LogP contribution is 2.41. The van der Waals surface area contributed by atoms with Crippen LogP contribution in [0.3, 0.4) is 0 Å². The summed E-state index contributed by atoms with van der Waals surface area (Å²) in [6.45, 7) is 0.